The topological polar surface area (TPSA) is 96.7 Å². The fraction of sp³-hybridized carbons (Fsp3) is 0.615. The Balaban J connectivity index is 1.96. The summed E-state index contributed by atoms with van der Waals surface area (Å²) in [7, 11) is 1.50. The minimum atomic E-state index is -1.17. The van der Waals surface area contributed by atoms with Crippen LogP contribution in [-0.4, -0.2) is 70.6 Å². The van der Waals surface area contributed by atoms with Gasteiger partial charge in [-0.1, -0.05) is 0 Å². The van der Waals surface area contributed by atoms with Gasteiger partial charge in [0.05, 0.1) is 25.0 Å². The van der Waals surface area contributed by atoms with E-state index in [9.17, 15) is 9.59 Å². The predicted molar refractivity (Wildman–Crippen MR) is 74.4 cm³/mol. The van der Waals surface area contributed by atoms with E-state index in [4.69, 9.17) is 9.84 Å². The number of rotatable bonds is 5. The van der Waals surface area contributed by atoms with Gasteiger partial charge in [-0.05, 0) is 6.92 Å². The van der Waals surface area contributed by atoms with Gasteiger partial charge in [0, 0.05) is 32.7 Å². The molecule has 2 N–H and O–H groups in total. The van der Waals surface area contributed by atoms with Gasteiger partial charge in [-0.2, -0.15) is 5.10 Å². The largest absolute Gasteiger partial charge is 0.477 e. The molecule has 1 aromatic heterocycles. The number of morpholine rings is 1. The number of carboxylic acid groups (broad SMARTS) is 1. The van der Waals surface area contributed by atoms with Crippen LogP contribution in [0.2, 0.25) is 0 Å². The van der Waals surface area contributed by atoms with E-state index in [1.54, 1.807) is 0 Å². The SMILES string of the molecule is CC(CN1CCOCC1)NC(=O)c1cnn(C)c1C(=O)O. The maximum atomic E-state index is 12.2. The van der Waals surface area contributed by atoms with Crippen LogP contribution in [0.15, 0.2) is 6.20 Å². The molecule has 21 heavy (non-hydrogen) atoms. The van der Waals surface area contributed by atoms with Crippen molar-refractivity contribution in [3.8, 4) is 0 Å². The second-order valence-corrected chi connectivity index (χ2v) is 5.12. The second kappa shape index (κ2) is 6.68. The number of nitrogens with zero attached hydrogens (tertiary/aromatic N) is 3. The van der Waals surface area contributed by atoms with Crippen molar-refractivity contribution < 1.29 is 19.4 Å². The number of aromatic nitrogens is 2. The number of aromatic carboxylic acids is 1. The Bertz CT molecular complexity index is 522. The summed E-state index contributed by atoms with van der Waals surface area (Å²) in [6, 6.07) is -0.0857. The summed E-state index contributed by atoms with van der Waals surface area (Å²) in [4.78, 5) is 25.5. The molecule has 1 unspecified atom stereocenters. The molecule has 8 heteroatoms. The Labute approximate surface area is 122 Å². The predicted octanol–water partition coefficient (Wildman–Crippen LogP) is -0.431. The highest BCUT2D eigenvalue weighted by Gasteiger charge is 2.23. The van der Waals surface area contributed by atoms with E-state index < -0.39 is 11.9 Å². The normalized spacial score (nSPS) is 17.4. The van der Waals surface area contributed by atoms with E-state index in [2.05, 4.69) is 15.3 Å². The summed E-state index contributed by atoms with van der Waals surface area (Å²) in [5.41, 5.74) is -0.0232. The maximum Gasteiger partial charge on any atom is 0.354 e. The number of hydrogen-bond acceptors (Lipinski definition) is 5. The average molecular weight is 296 g/mol. The Morgan fingerprint density at radius 1 is 1.48 bits per heavy atom. The average Bonchev–Trinajstić information content (AvgIpc) is 2.81. The third-order valence-electron chi connectivity index (χ3n) is 3.40. The summed E-state index contributed by atoms with van der Waals surface area (Å²) in [6.07, 6.45) is 1.28. The quantitative estimate of drug-likeness (QED) is 0.765. The van der Waals surface area contributed by atoms with Gasteiger partial charge in [0.1, 0.15) is 0 Å². The van der Waals surface area contributed by atoms with Crippen molar-refractivity contribution in [3.63, 3.8) is 0 Å². The van der Waals surface area contributed by atoms with E-state index in [0.29, 0.717) is 19.8 Å². The molecule has 0 bridgehead atoms. The molecular weight excluding hydrogens is 276 g/mol. The van der Waals surface area contributed by atoms with Gasteiger partial charge in [-0.25, -0.2) is 4.79 Å². The smallest absolute Gasteiger partial charge is 0.354 e. The lowest BCUT2D eigenvalue weighted by Crippen LogP contribution is -2.46. The molecule has 8 nitrogen and oxygen atoms in total. The molecule has 2 rings (SSSR count). The Morgan fingerprint density at radius 2 is 2.14 bits per heavy atom. The van der Waals surface area contributed by atoms with Crippen LogP contribution >= 0.6 is 0 Å². The third kappa shape index (κ3) is 3.79. The van der Waals surface area contributed by atoms with Crippen LogP contribution in [0.1, 0.15) is 27.8 Å². The van der Waals surface area contributed by atoms with Crippen molar-refractivity contribution in [3.05, 3.63) is 17.5 Å². The summed E-state index contributed by atoms with van der Waals surface area (Å²) in [6.45, 7) is 5.68. The molecule has 1 aliphatic rings. The van der Waals surface area contributed by atoms with Gasteiger partial charge in [-0.15, -0.1) is 0 Å². The van der Waals surface area contributed by atoms with Crippen LogP contribution in [-0.2, 0) is 11.8 Å². The molecule has 0 radical (unpaired) electrons. The fourth-order valence-electron chi connectivity index (χ4n) is 2.38. The number of carbonyl (C=O) groups is 2. The van der Waals surface area contributed by atoms with Crippen molar-refractivity contribution in [1.29, 1.82) is 0 Å². The van der Waals surface area contributed by atoms with E-state index in [1.807, 2.05) is 6.92 Å². The van der Waals surface area contributed by atoms with Crippen molar-refractivity contribution in [2.45, 2.75) is 13.0 Å². The summed E-state index contributed by atoms with van der Waals surface area (Å²) in [5, 5.41) is 15.8. The molecule has 1 amide bonds. The van der Waals surface area contributed by atoms with E-state index >= 15 is 0 Å². The highest BCUT2D eigenvalue weighted by Crippen LogP contribution is 2.08. The number of ether oxygens (including phenoxy) is 1. The first-order chi connectivity index (χ1) is 9.99. The molecule has 2 heterocycles. The molecule has 116 valence electrons. The molecule has 1 saturated heterocycles. The van der Waals surface area contributed by atoms with Crippen LogP contribution in [0, 0.1) is 0 Å². The molecule has 1 aliphatic heterocycles. The zero-order valence-electron chi connectivity index (χ0n) is 12.2. The first-order valence-electron chi connectivity index (χ1n) is 6.85. The zero-order chi connectivity index (χ0) is 15.4. The van der Waals surface area contributed by atoms with Crippen molar-refractivity contribution in [2.24, 2.45) is 7.05 Å². The summed E-state index contributed by atoms with van der Waals surface area (Å²) < 4.78 is 6.46. The first kappa shape index (κ1) is 15.5. The van der Waals surface area contributed by atoms with Crippen LogP contribution in [0.4, 0.5) is 0 Å². The number of nitrogens with one attached hydrogen (secondary N) is 1. The van der Waals surface area contributed by atoms with Crippen molar-refractivity contribution >= 4 is 11.9 Å². The van der Waals surface area contributed by atoms with Gasteiger partial charge in [0.2, 0.25) is 0 Å². The van der Waals surface area contributed by atoms with Gasteiger partial charge in [-0.3, -0.25) is 14.4 Å². The fourth-order valence-corrected chi connectivity index (χ4v) is 2.38. The van der Waals surface area contributed by atoms with Gasteiger partial charge >= 0.3 is 5.97 Å². The highest BCUT2D eigenvalue weighted by molar-refractivity contribution is 6.03. The van der Waals surface area contributed by atoms with Crippen LogP contribution in [0.25, 0.3) is 0 Å². The number of aryl methyl sites for hydroxylation is 1. The second-order valence-electron chi connectivity index (χ2n) is 5.12. The molecular formula is C13H20N4O4. The molecule has 1 aromatic rings. The molecule has 0 spiro atoms. The van der Waals surface area contributed by atoms with Crippen LogP contribution in [0.5, 0.6) is 0 Å². The lowest BCUT2D eigenvalue weighted by Gasteiger charge is -2.29. The van der Waals surface area contributed by atoms with E-state index in [0.717, 1.165) is 13.1 Å². The lowest BCUT2D eigenvalue weighted by molar-refractivity contribution is 0.0342. The molecule has 0 aliphatic carbocycles. The van der Waals surface area contributed by atoms with Crippen LogP contribution in [0.3, 0.4) is 0 Å². The summed E-state index contributed by atoms with van der Waals surface area (Å²) in [5.74, 6) is -1.58. The minimum Gasteiger partial charge on any atom is -0.477 e. The van der Waals surface area contributed by atoms with Gasteiger partial charge < -0.3 is 15.2 Å². The number of hydrogen-bond donors (Lipinski definition) is 2. The Hall–Kier alpha value is -1.93. The Kier molecular flexibility index (Phi) is 4.92. The van der Waals surface area contributed by atoms with Gasteiger partial charge in [0.25, 0.3) is 5.91 Å². The molecule has 0 aromatic carbocycles. The van der Waals surface area contributed by atoms with Crippen molar-refractivity contribution in [1.82, 2.24) is 20.0 Å². The maximum absolute atomic E-state index is 12.2. The number of amides is 1. The number of carbonyl (C=O) groups excluding carboxylic acids is 1. The first-order valence-corrected chi connectivity index (χ1v) is 6.85. The standard InChI is InChI=1S/C13H20N4O4/c1-9(8-17-3-5-21-6-4-17)15-12(18)10-7-14-16(2)11(10)13(19)20/h7,9H,3-6,8H2,1-2H3,(H,15,18)(H,19,20). The van der Waals surface area contributed by atoms with Crippen molar-refractivity contribution in [2.75, 3.05) is 32.8 Å². The third-order valence-corrected chi connectivity index (χ3v) is 3.40. The summed E-state index contributed by atoms with van der Waals surface area (Å²) >= 11 is 0. The van der Waals surface area contributed by atoms with E-state index in [1.165, 1.54) is 17.9 Å². The van der Waals surface area contributed by atoms with E-state index in [-0.39, 0.29) is 17.3 Å². The Morgan fingerprint density at radius 3 is 2.76 bits per heavy atom. The monoisotopic (exact) mass is 296 g/mol. The van der Waals surface area contributed by atoms with Crippen LogP contribution < -0.4 is 5.32 Å². The molecule has 0 saturated carbocycles. The number of carboxylic acids is 1. The minimum absolute atomic E-state index is 0.0822. The molecule has 1 atom stereocenters. The molecule has 1 fully saturated rings. The van der Waals surface area contributed by atoms with Gasteiger partial charge in [0.15, 0.2) is 5.69 Å². The highest BCUT2D eigenvalue weighted by atomic mass is 16.5. The lowest BCUT2D eigenvalue weighted by atomic mass is 10.2. The zero-order valence-corrected chi connectivity index (χ0v) is 12.2.